The molecule has 2 aromatic rings. The number of para-hydroxylation sites is 1. The monoisotopic (exact) mass is 324 g/mol. The van der Waals surface area contributed by atoms with Gasteiger partial charge >= 0.3 is 5.97 Å². The second kappa shape index (κ2) is 6.16. The lowest BCUT2D eigenvalue weighted by Crippen LogP contribution is -2.28. The minimum absolute atomic E-state index is 0.242. The zero-order valence-corrected chi connectivity index (χ0v) is 13.4. The van der Waals surface area contributed by atoms with Gasteiger partial charge in [0.1, 0.15) is 6.42 Å². The summed E-state index contributed by atoms with van der Waals surface area (Å²) in [5.41, 5.74) is 1.98. The summed E-state index contributed by atoms with van der Waals surface area (Å²) in [6.45, 7) is 0. The molecule has 0 bridgehead atoms. The van der Waals surface area contributed by atoms with Crippen LogP contribution in [0.25, 0.3) is 0 Å². The van der Waals surface area contributed by atoms with Gasteiger partial charge in [-0.3, -0.25) is 14.5 Å². The largest absolute Gasteiger partial charge is 0.465 e. The Kier molecular flexibility index (Phi) is 4.04. The van der Waals surface area contributed by atoms with E-state index < -0.39 is 5.97 Å². The van der Waals surface area contributed by atoms with Gasteiger partial charge in [0.2, 0.25) is 11.8 Å². The second-order valence-corrected chi connectivity index (χ2v) is 5.39. The minimum Gasteiger partial charge on any atom is -0.465 e. The molecular weight excluding hydrogens is 308 g/mol. The minimum atomic E-state index is -0.503. The smallest absolute Gasteiger partial charge is 0.337 e. The maximum atomic E-state index is 12.6. The van der Waals surface area contributed by atoms with E-state index in [2.05, 4.69) is 0 Å². The van der Waals surface area contributed by atoms with E-state index in [1.807, 2.05) is 18.2 Å². The van der Waals surface area contributed by atoms with E-state index in [0.29, 0.717) is 22.6 Å². The van der Waals surface area contributed by atoms with E-state index in [0.717, 1.165) is 0 Å². The molecule has 0 fully saturated rings. The lowest BCUT2D eigenvalue weighted by Gasteiger charge is -2.24. The van der Waals surface area contributed by atoms with Crippen molar-refractivity contribution < 1.29 is 19.1 Å². The van der Waals surface area contributed by atoms with Crippen molar-refractivity contribution in [1.82, 2.24) is 0 Å². The molecule has 6 heteroatoms. The normalized spacial score (nSPS) is 14.2. The Morgan fingerprint density at radius 1 is 1.00 bits per heavy atom. The van der Waals surface area contributed by atoms with Crippen molar-refractivity contribution >= 4 is 34.8 Å². The Bertz CT molecular complexity index is 817. The quantitative estimate of drug-likeness (QED) is 0.629. The number of amides is 2. The van der Waals surface area contributed by atoms with Gasteiger partial charge < -0.3 is 9.64 Å². The number of benzene rings is 2. The van der Waals surface area contributed by atoms with Crippen LogP contribution in [0, 0.1) is 0 Å². The summed E-state index contributed by atoms with van der Waals surface area (Å²) < 4.78 is 4.75. The number of hydrogen-bond donors (Lipinski definition) is 0. The van der Waals surface area contributed by atoms with Gasteiger partial charge in [-0.1, -0.05) is 18.2 Å². The number of rotatable bonds is 2. The van der Waals surface area contributed by atoms with Crippen molar-refractivity contribution in [3.8, 4) is 0 Å². The number of carbonyl (C=O) groups excluding carboxylic acids is 3. The predicted molar refractivity (Wildman–Crippen MR) is 89.4 cm³/mol. The van der Waals surface area contributed by atoms with E-state index in [9.17, 15) is 14.4 Å². The number of esters is 1. The molecule has 0 saturated heterocycles. The van der Waals surface area contributed by atoms with Crippen LogP contribution in [-0.2, 0) is 14.3 Å². The van der Waals surface area contributed by atoms with Crippen molar-refractivity contribution in [2.75, 3.05) is 24.0 Å². The molecule has 122 valence electrons. The summed E-state index contributed by atoms with van der Waals surface area (Å²) in [5.74, 6) is -1.15. The summed E-state index contributed by atoms with van der Waals surface area (Å²) in [6, 6.07) is 13.8. The molecule has 0 aromatic heterocycles. The summed E-state index contributed by atoms with van der Waals surface area (Å²) >= 11 is 0. The molecule has 0 aliphatic carbocycles. The average Bonchev–Trinajstić information content (AvgIpc) is 2.69. The second-order valence-electron chi connectivity index (χ2n) is 5.39. The van der Waals surface area contributed by atoms with Gasteiger partial charge in [-0.2, -0.15) is 0 Å². The van der Waals surface area contributed by atoms with E-state index >= 15 is 0 Å². The van der Waals surface area contributed by atoms with Crippen LogP contribution in [0.15, 0.2) is 48.5 Å². The van der Waals surface area contributed by atoms with E-state index in [1.54, 1.807) is 37.4 Å². The van der Waals surface area contributed by atoms with Crippen molar-refractivity contribution in [3.63, 3.8) is 0 Å². The van der Waals surface area contributed by atoms with Gasteiger partial charge in [0.25, 0.3) is 0 Å². The highest BCUT2D eigenvalue weighted by Crippen LogP contribution is 2.38. The first-order valence-electron chi connectivity index (χ1n) is 7.40. The molecule has 1 aliphatic rings. The highest BCUT2D eigenvalue weighted by Gasteiger charge is 2.31. The third-order valence-corrected chi connectivity index (χ3v) is 3.94. The van der Waals surface area contributed by atoms with Gasteiger partial charge in [0.15, 0.2) is 0 Å². The molecule has 1 aliphatic heterocycles. The molecule has 0 saturated carbocycles. The predicted octanol–water partition coefficient (Wildman–Crippen LogP) is 2.50. The molecule has 0 spiro atoms. The molecule has 3 rings (SSSR count). The molecule has 24 heavy (non-hydrogen) atoms. The lowest BCUT2D eigenvalue weighted by atomic mass is 10.1. The number of carbonyl (C=O) groups is 3. The molecular formula is C18H16N2O4. The molecule has 2 amide bonds. The molecule has 1 heterocycles. The van der Waals surface area contributed by atoms with Crippen LogP contribution < -0.4 is 9.80 Å². The van der Waals surface area contributed by atoms with Crippen LogP contribution in [-0.4, -0.2) is 31.9 Å². The zero-order valence-electron chi connectivity index (χ0n) is 13.4. The average molecular weight is 324 g/mol. The molecule has 0 atom stereocenters. The van der Waals surface area contributed by atoms with Crippen LogP contribution in [0.3, 0.4) is 0 Å². The molecule has 6 nitrogen and oxygen atoms in total. The summed E-state index contributed by atoms with van der Waals surface area (Å²) in [7, 11) is 2.91. The summed E-state index contributed by atoms with van der Waals surface area (Å²) in [4.78, 5) is 39.6. The van der Waals surface area contributed by atoms with Gasteiger partial charge in [-0.15, -0.1) is 0 Å². The Balaban J connectivity index is 2.23. The van der Waals surface area contributed by atoms with Gasteiger partial charge in [-0.05, 0) is 30.3 Å². The summed E-state index contributed by atoms with van der Waals surface area (Å²) in [6.07, 6.45) is -0.242. The highest BCUT2D eigenvalue weighted by molar-refractivity contribution is 6.18. The molecule has 2 aromatic carbocycles. The fourth-order valence-electron chi connectivity index (χ4n) is 2.69. The fourth-order valence-corrected chi connectivity index (χ4v) is 2.69. The van der Waals surface area contributed by atoms with Crippen molar-refractivity contribution in [3.05, 3.63) is 54.1 Å². The molecule has 0 N–H and O–H groups in total. The van der Waals surface area contributed by atoms with Crippen molar-refractivity contribution in [1.29, 1.82) is 0 Å². The standard InChI is InChI=1S/C18H16N2O4/c1-19-14-9-8-12(18(23)24-2)10-15(14)20(17(22)11-16(19)21)13-6-4-3-5-7-13/h3-10H,11H2,1-2H3. The fraction of sp³-hybridized carbons (Fsp3) is 0.167. The third-order valence-electron chi connectivity index (χ3n) is 3.94. The zero-order chi connectivity index (χ0) is 17.3. The molecule has 0 radical (unpaired) electrons. The van der Waals surface area contributed by atoms with Crippen LogP contribution >= 0.6 is 0 Å². The van der Waals surface area contributed by atoms with Crippen molar-refractivity contribution in [2.45, 2.75) is 6.42 Å². The first-order valence-corrected chi connectivity index (χ1v) is 7.40. The van der Waals surface area contributed by atoms with E-state index in [-0.39, 0.29) is 18.2 Å². The van der Waals surface area contributed by atoms with Gasteiger partial charge in [0.05, 0.1) is 24.0 Å². The van der Waals surface area contributed by atoms with Gasteiger partial charge in [-0.25, -0.2) is 4.79 Å². The van der Waals surface area contributed by atoms with Crippen molar-refractivity contribution in [2.24, 2.45) is 0 Å². The van der Waals surface area contributed by atoms with Crippen LogP contribution in [0.4, 0.5) is 17.1 Å². The van der Waals surface area contributed by atoms with Crippen LogP contribution in [0.1, 0.15) is 16.8 Å². The van der Waals surface area contributed by atoms with Gasteiger partial charge in [0, 0.05) is 12.7 Å². The number of methoxy groups -OCH3 is 1. The number of anilines is 3. The topological polar surface area (TPSA) is 66.9 Å². The molecule has 0 unspecified atom stereocenters. The maximum Gasteiger partial charge on any atom is 0.337 e. The van der Waals surface area contributed by atoms with Crippen LogP contribution in [0.2, 0.25) is 0 Å². The summed E-state index contributed by atoms with van der Waals surface area (Å²) in [5, 5.41) is 0. The SMILES string of the molecule is COC(=O)c1ccc2c(c1)N(c1ccccc1)C(=O)CC(=O)N2C. The Morgan fingerprint density at radius 3 is 2.38 bits per heavy atom. The lowest BCUT2D eigenvalue weighted by molar-refractivity contribution is -0.125. The number of nitrogens with zero attached hydrogens (tertiary/aromatic N) is 2. The first kappa shape index (κ1) is 15.7. The first-order chi connectivity index (χ1) is 11.5. The maximum absolute atomic E-state index is 12.6. The van der Waals surface area contributed by atoms with E-state index in [4.69, 9.17) is 4.74 Å². The Labute approximate surface area is 139 Å². The van der Waals surface area contributed by atoms with E-state index in [1.165, 1.54) is 16.9 Å². The number of ether oxygens (including phenoxy) is 1. The number of fused-ring (bicyclic) bond motifs is 1. The third kappa shape index (κ3) is 2.62. The van der Waals surface area contributed by atoms with Crippen LogP contribution in [0.5, 0.6) is 0 Å². The number of hydrogen-bond acceptors (Lipinski definition) is 4. The Morgan fingerprint density at radius 2 is 1.71 bits per heavy atom. The highest BCUT2D eigenvalue weighted by atomic mass is 16.5. The Hall–Kier alpha value is -3.15.